The lowest BCUT2D eigenvalue weighted by Gasteiger charge is -2.09. The standard InChI is InChI=1S/C11H12ClNO5/c12-10-6-17-11(18-10)7-16-5-8-1-3-9(4-2-8)13(14)15/h1-4,10-11H,5-7H2/t10-,11-/m1/s1. The first-order chi connectivity index (χ1) is 8.65. The van der Waals surface area contributed by atoms with Crippen molar-refractivity contribution in [2.75, 3.05) is 13.2 Å². The lowest BCUT2D eigenvalue weighted by Crippen LogP contribution is -2.16. The van der Waals surface area contributed by atoms with Crippen LogP contribution in [0.2, 0.25) is 0 Å². The van der Waals surface area contributed by atoms with Gasteiger partial charge < -0.3 is 14.2 Å². The largest absolute Gasteiger partial charge is 0.371 e. The van der Waals surface area contributed by atoms with Gasteiger partial charge in [0.1, 0.15) is 0 Å². The lowest BCUT2D eigenvalue weighted by molar-refractivity contribution is -0.384. The number of alkyl halides is 1. The molecule has 18 heavy (non-hydrogen) atoms. The molecule has 7 heteroatoms. The molecule has 0 aromatic heterocycles. The van der Waals surface area contributed by atoms with Gasteiger partial charge in [0.05, 0.1) is 24.7 Å². The maximum atomic E-state index is 10.5. The molecular formula is C11H12ClNO5. The molecule has 0 bridgehead atoms. The lowest BCUT2D eigenvalue weighted by atomic mass is 10.2. The summed E-state index contributed by atoms with van der Waals surface area (Å²) in [6, 6.07) is 6.18. The van der Waals surface area contributed by atoms with Crippen LogP contribution in [0.5, 0.6) is 0 Å². The van der Waals surface area contributed by atoms with Crippen molar-refractivity contribution in [1.29, 1.82) is 0 Å². The molecule has 1 aromatic rings. The molecule has 1 aliphatic heterocycles. The number of non-ortho nitro benzene ring substituents is 1. The van der Waals surface area contributed by atoms with E-state index in [0.29, 0.717) is 13.2 Å². The van der Waals surface area contributed by atoms with Gasteiger partial charge in [-0.3, -0.25) is 10.1 Å². The molecule has 0 unspecified atom stereocenters. The average molecular weight is 274 g/mol. The van der Waals surface area contributed by atoms with Crippen molar-refractivity contribution in [1.82, 2.24) is 0 Å². The molecule has 1 saturated heterocycles. The van der Waals surface area contributed by atoms with E-state index in [4.69, 9.17) is 25.8 Å². The number of rotatable bonds is 5. The Kier molecular flexibility index (Phi) is 4.48. The Morgan fingerprint density at radius 3 is 2.72 bits per heavy atom. The first-order valence-corrected chi connectivity index (χ1v) is 5.81. The van der Waals surface area contributed by atoms with E-state index in [-0.39, 0.29) is 12.3 Å². The average Bonchev–Trinajstić information content (AvgIpc) is 2.76. The van der Waals surface area contributed by atoms with Gasteiger partial charge in [0, 0.05) is 12.1 Å². The van der Waals surface area contributed by atoms with Crippen LogP contribution in [0, 0.1) is 10.1 Å². The van der Waals surface area contributed by atoms with E-state index >= 15 is 0 Å². The molecule has 0 spiro atoms. The molecule has 6 nitrogen and oxygen atoms in total. The number of hydrogen-bond acceptors (Lipinski definition) is 5. The van der Waals surface area contributed by atoms with Crippen LogP contribution >= 0.6 is 11.6 Å². The minimum atomic E-state index is -0.439. The molecule has 0 N–H and O–H groups in total. The van der Waals surface area contributed by atoms with Crippen LogP contribution in [0.1, 0.15) is 5.56 Å². The van der Waals surface area contributed by atoms with Gasteiger partial charge in [0.15, 0.2) is 11.9 Å². The fourth-order valence-electron chi connectivity index (χ4n) is 1.50. The summed E-state index contributed by atoms with van der Waals surface area (Å²) in [5.41, 5.74) is 0.491. The SMILES string of the molecule is O=[N+]([O-])c1ccc(COC[C@@H]2OC[C@H](Cl)O2)cc1. The van der Waals surface area contributed by atoms with E-state index < -0.39 is 16.8 Å². The Labute approximate surface area is 109 Å². The van der Waals surface area contributed by atoms with Crippen molar-refractivity contribution in [2.45, 2.75) is 18.5 Å². The summed E-state index contributed by atoms with van der Waals surface area (Å²) in [7, 11) is 0. The third kappa shape index (κ3) is 3.64. The number of halogens is 1. The van der Waals surface area contributed by atoms with Gasteiger partial charge in [-0.1, -0.05) is 11.6 Å². The van der Waals surface area contributed by atoms with Crippen LogP contribution in [-0.2, 0) is 20.8 Å². The van der Waals surface area contributed by atoms with Gasteiger partial charge in [-0.15, -0.1) is 0 Å². The predicted molar refractivity (Wildman–Crippen MR) is 63.2 cm³/mol. The second kappa shape index (κ2) is 6.10. The molecule has 2 atom stereocenters. The molecule has 1 aromatic carbocycles. The van der Waals surface area contributed by atoms with E-state index in [0.717, 1.165) is 5.56 Å². The number of hydrogen-bond donors (Lipinski definition) is 0. The molecule has 1 fully saturated rings. The van der Waals surface area contributed by atoms with Crippen LogP contribution in [0.3, 0.4) is 0 Å². The highest BCUT2D eigenvalue weighted by atomic mass is 35.5. The Hall–Kier alpha value is -1.21. The van der Waals surface area contributed by atoms with E-state index in [1.807, 2.05) is 0 Å². The van der Waals surface area contributed by atoms with Crippen molar-refractivity contribution in [2.24, 2.45) is 0 Å². The van der Waals surface area contributed by atoms with Crippen LogP contribution < -0.4 is 0 Å². The molecule has 2 rings (SSSR count). The Morgan fingerprint density at radius 1 is 1.44 bits per heavy atom. The maximum Gasteiger partial charge on any atom is 0.269 e. The second-order valence-corrected chi connectivity index (χ2v) is 4.23. The third-order valence-corrected chi connectivity index (χ3v) is 2.61. The molecule has 0 saturated carbocycles. The Balaban J connectivity index is 1.75. The van der Waals surface area contributed by atoms with Crippen LogP contribution in [0.4, 0.5) is 5.69 Å². The normalized spacial score (nSPS) is 23.2. The van der Waals surface area contributed by atoms with Gasteiger partial charge in [0.25, 0.3) is 5.69 Å². The zero-order valence-corrected chi connectivity index (χ0v) is 10.2. The summed E-state index contributed by atoms with van der Waals surface area (Å²) in [5.74, 6) is 0. The number of benzene rings is 1. The molecule has 0 radical (unpaired) electrons. The van der Waals surface area contributed by atoms with E-state index in [1.54, 1.807) is 12.1 Å². The third-order valence-electron chi connectivity index (χ3n) is 2.38. The summed E-state index contributed by atoms with van der Waals surface area (Å²) < 4.78 is 15.7. The maximum absolute atomic E-state index is 10.5. The van der Waals surface area contributed by atoms with Crippen molar-refractivity contribution >= 4 is 17.3 Å². The topological polar surface area (TPSA) is 70.8 Å². The minimum Gasteiger partial charge on any atom is -0.371 e. The molecule has 1 heterocycles. The first-order valence-electron chi connectivity index (χ1n) is 5.37. The summed E-state index contributed by atoms with van der Waals surface area (Å²) in [6.45, 7) is 0.974. The van der Waals surface area contributed by atoms with Crippen LogP contribution in [0.25, 0.3) is 0 Å². The molecular weight excluding hydrogens is 262 g/mol. The highest BCUT2D eigenvalue weighted by Gasteiger charge is 2.23. The van der Waals surface area contributed by atoms with Gasteiger partial charge in [-0.2, -0.15) is 0 Å². The van der Waals surface area contributed by atoms with Gasteiger partial charge >= 0.3 is 0 Å². The van der Waals surface area contributed by atoms with Crippen molar-refractivity contribution in [3.8, 4) is 0 Å². The van der Waals surface area contributed by atoms with E-state index in [2.05, 4.69) is 0 Å². The van der Waals surface area contributed by atoms with Gasteiger partial charge in [-0.05, 0) is 17.7 Å². The van der Waals surface area contributed by atoms with Crippen LogP contribution in [0.15, 0.2) is 24.3 Å². The summed E-state index contributed by atoms with van der Waals surface area (Å²) in [6.07, 6.45) is -0.439. The van der Waals surface area contributed by atoms with Crippen molar-refractivity contribution in [3.05, 3.63) is 39.9 Å². The smallest absolute Gasteiger partial charge is 0.269 e. The highest BCUT2D eigenvalue weighted by Crippen LogP contribution is 2.16. The Bertz CT molecular complexity index is 410. The molecule has 1 aliphatic rings. The zero-order chi connectivity index (χ0) is 13.0. The quantitative estimate of drug-likeness (QED) is 0.466. The van der Waals surface area contributed by atoms with E-state index in [1.165, 1.54) is 12.1 Å². The van der Waals surface area contributed by atoms with Crippen molar-refractivity contribution in [3.63, 3.8) is 0 Å². The molecule has 0 amide bonds. The van der Waals surface area contributed by atoms with Crippen LogP contribution in [-0.4, -0.2) is 30.0 Å². The minimum absolute atomic E-state index is 0.0613. The van der Waals surface area contributed by atoms with Crippen molar-refractivity contribution < 1.29 is 19.1 Å². The predicted octanol–water partition coefficient (Wildman–Crippen LogP) is 2.05. The fraction of sp³-hybridized carbons (Fsp3) is 0.455. The second-order valence-electron chi connectivity index (χ2n) is 3.75. The first kappa shape index (κ1) is 13.2. The highest BCUT2D eigenvalue weighted by molar-refractivity contribution is 6.19. The molecule has 98 valence electrons. The zero-order valence-electron chi connectivity index (χ0n) is 9.45. The molecule has 0 aliphatic carbocycles. The summed E-state index contributed by atoms with van der Waals surface area (Å²) in [4.78, 5) is 10.0. The summed E-state index contributed by atoms with van der Waals surface area (Å²) >= 11 is 5.68. The van der Waals surface area contributed by atoms with Gasteiger partial charge in [-0.25, -0.2) is 0 Å². The fourth-order valence-corrected chi connectivity index (χ4v) is 1.69. The summed E-state index contributed by atoms with van der Waals surface area (Å²) in [5, 5.41) is 10.5. The number of ether oxygens (including phenoxy) is 3. The number of nitrogens with zero attached hydrogens (tertiary/aromatic N) is 1. The number of nitro groups is 1. The Morgan fingerprint density at radius 2 is 2.17 bits per heavy atom. The van der Waals surface area contributed by atoms with Gasteiger partial charge in [0.2, 0.25) is 0 Å². The number of nitro benzene ring substituents is 1. The van der Waals surface area contributed by atoms with E-state index in [9.17, 15) is 10.1 Å². The monoisotopic (exact) mass is 273 g/mol.